The van der Waals surface area contributed by atoms with E-state index in [0.29, 0.717) is 35.6 Å². The fourth-order valence-electron chi connectivity index (χ4n) is 7.58. The molecule has 4 nitrogen and oxygen atoms in total. The fourth-order valence-corrected chi connectivity index (χ4v) is 7.58. The lowest BCUT2D eigenvalue weighted by molar-refractivity contribution is -0.136. The smallest absolute Gasteiger partial charge is 0.372 e. The van der Waals surface area contributed by atoms with E-state index >= 15 is 0 Å². The van der Waals surface area contributed by atoms with Crippen LogP contribution in [0.5, 0.6) is 0 Å². The molecule has 0 N–H and O–H groups in total. The second kappa shape index (κ2) is 21.6. The van der Waals surface area contributed by atoms with Gasteiger partial charge >= 0.3 is 24.7 Å². The molecule has 0 radical (unpaired) electrons. The Balaban J connectivity index is 1.52. The zero-order valence-electron chi connectivity index (χ0n) is 35.6. The maximum absolute atomic E-state index is 13.1. The first-order chi connectivity index (χ1) is 30.0. The van der Waals surface area contributed by atoms with E-state index in [1.807, 2.05) is 79.4 Å². The van der Waals surface area contributed by atoms with Gasteiger partial charge in [0.15, 0.2) is 0 Å². The molecule has 0 unspecified atom stereocenters. The van der Waals surface area contributed by atoms with E-state index in [2.05, 4.69) is 4.90 Å². The summed E-state index contributed by atoms with van der Waals surface area (Å²) in [6.07, 6.45) is -18.3. The average molecular weight is 913 g/mol. The number of halogens is 12. The molecule has 0 saturated heterocycles. The van der Waals surface area contributed by atoms with E-state index in [9.17, 15) is 52.7 Å². The SMILES string of the molecule is Cc1ccc(N(C2=CC=C(N(c3ccc(N(CCCC(F)(F)F)CCCC(F)(F)F)cc3)c3ccc(N(CCCC(F)(F)F)CCCC(F)(F)F)cc3)CC2)c2ccc(C)cc2)cc1. The van der Waals surface area contributed by atoms with Crippen molar-refractivity contribution >= 4 is 34.1 Å². The van der Waals surface area contributed by atoms with E-state index in [1.54, 1.807) is 48.5 Å². The molecule has 0 spiro atoms. The molecule has 0 heterocycles. The van der Waals surface area contributed by atoms with Crippen molar-refractivity contribution < 1.29 is 52.7 Å². The highest BCUT2D eigenvalue weighted by atomic mass is 19.4. The standard InChI is InChI=1S/C48H52F12N4/c1-35-7-11-39(12-8-35)63(40-13-9-36(2)10-14-40)43-23-25-44(26-24-43)64(41-19-15-37(16-20-41)61(31-3-27-45(49,50)51)32-4-28-46(52,53)54)42-21-17-38(18-22-42)62(33-5-29-47(55,56)57)34-6-30-48(58,59)60/h7-23,25H,3-6,24,26-34H2,1-2H3. The molecule has 1 aliphatic carbocycles. The van der Waals surface area contributed by atoms with Gasteiger partial charge in [0.2, 0.25) is 0 Å². The highest BCUT2D eigenvalue weighted by molar-refractivity contribution is 5.74. The zero-order valence-corrected chi connectivity index (χ0v) is 35.6. The van der Waals surface area contributed by atoms with Gasteiger partial charge < -0.3 is 19.6 Å². The number of alkyl halides is 12. The zero-order chi connectivity index (χ0) is 46.7. The summed E-state index contributed by atoms with van der Waals surface area (Å²) < 4.78 is 157. The van der Waals surface area contributed by atoms with Crippen molar-refractivity contribution in [3.05, 3.63) is 132 Å². The molecule has 0 amide bonds. The number of allylic oxidation sites excluding steroid dienone is 4. The lowest BCUT2D eigenvalue weighted by Gasteiger charge is -2.34. The summed E-state index contributed by atoms with van der Waals surface area (Å²) in [6, 6.07) is 29.7. The Labute approximate surface area is 366 Å². The molecule has 0 saturated carbocycles. The Hall–Kier alpha value is -5.28. The Morgan fingerprint density at radius 2 is 0.562 bits per heavy atom. The third kappa shape index (κ3) is 16.1. The maximum Gasteiger partial charge on any atom is 0.389 e. The molecule has 348 valence electrons. The Morgan fingerprint density at radius 1 is 0.344 bits per heavy atom. The van der Waals surface area contributed by atoms with E-state index in [-0.39, 0.29) is 51.9 Å². The highest BCUT2D eigenvalue weighted by Gasteiger charge is 2.30. The molecule has 0 atom stereocenters. The number of hydrogen-bond acceptors (Lipinski definition) is 4. The summed E-state index contributed by atoms with van der Waals surface area (Å²) in [7, 11) is 0. The summed E-state index contributed by atoms with van der Waals surface area (Å²) in [5.74, 6) is 0. The maximum atomic E-state index is 13.1. The normalized spacial score (nSPS) is 13.7. The van der Waals surface area contributed by atoms with Crippen LogP contribution < -0.4 is 19.6 Å². The summed E-state index contributed by atoms with van der Waals surface area (Å²) in [4.78, 5) is 7.11. The molecular formula is C48H52F12N4. The molecule has 0 bridgehead atoms. The van der Waals surface area contributed by atoms with Gasteiger partial charge in [0.05, 0.1) is 0 Å². The third-order valence-electron chi connectivity index (χ3n) is 10.8. The summed E-state index contributed by atoms with van der Waals surface area (Å²) >= 11 is 0. The van der Waals surface area contributed by atoms with Crippen molar-refractivity contribution in [1.29, 1.82) is 0 Å². The molecular weight excluding hydrogens is 861 g/mol. The predicted octanol–water partition coefficient (Wildman–Crippen LogP) is 15.8. The van der Waals surface area contributed by atoms with Crippen LogP contribution in [0.15, 0.2) is 121 Å². The molecule has 4 aromatic carbocycles. The summed E-state index contributed by atoms with van der Waals surface area (Å²) in [5.41, 5.74) is 7.97. The first kappa shape index (κ1) is 49.7. The average Bonchev–Trinajstić information content (AvgIpc) is 3.21. The molecule has 4 aromatic rings. The quantitative estimate of drug-likeness (QED) is 0.0819. The summed E-state index contributed by atoms with van der Waals surface area (Å²) in [6.45, 7) is 3.51. The highest BCUT2D eigenvalue weighted by Crippen LogP contribution is 2.40. The van der Waals surface area contributed by atoms with Crippen LogP contribution in [0.2, 0.25) is 0 Å². The molecule has 5 rings (SSSR count). The van der Waals surface area contributed by atoms with Gasteiger partial charge in [-0.3, -0.25) is 0 Å². The van der Waals surface area contributed by atoms with Crippen LogP contribution >= 0.6 is 0 Å². The monoisotopic (exact) mass is 912 g/mol. The second-order valence-electron chi connectivity index (χ2n) is 16.0. The minimum atomic E-state index is -4.43. The van der Waals surface area contributed by atoms with Crippen molar-refractivity contribution in [3.8, 4) is 0 Å². The van der Waals surface area contributed by atoms with Crippen molar-refractivity contribution in [3.63, 3.8) is 0 Å². The van der Waals surface area contributed by atoms with Crippen molar-refractivity contribution in [2.24, 2.45) is 0 Å². The van der Waals surface area contributed by atoms with Crippen molar-refractivity contribution in [1.82, 2.24) is 0 Å². The number of benzene rings is 4. The van der Waals surface area contributed by atoms with Crippen LogP contribution in [0.3, 0.4) is 0 Å². The molecule has 0 fully saturated rings. The molecule has 1 aliphatic rings. The fraction of sp³-hybridized carbons (Fsp3) is 0.417. The minimum Gasteiger partial charge on any atom is -0.372 e. The third-order valence-corrected chi connectivity index (χ3v) is 10.8. The van der Waals surface area contributed by atoms with E-state index < -0.39 is 50.4 Å². The van der Waals surface area contributed by atoms with Crippen molar-refractivity contribution in [2.75, 3.05) is 45.8 Å². The lowest BCUT2D eigenvalue weighted by Crippen LogP contribution is -2.28. The molecule has 0 aliphatic heterocycles. The first-order valence-corrected chi connectivity index (χ1v) is 21.1. The van der Waals surface area contributed by atoms with Crippen LogP contribution in [0, 0.1) is 13.8 Å². The number of rotatable bonds is 20. The van der Waals surface area contributed by atoms with Crippen LogP contribution in [-0.2, 0) is 0 Å². The van der Waals surface area contributed by atoms with E-state index in [4.69, 9.17) is 0 Å². The predicted molar refractivity (Wildman–Crippen MR) is 231 cm³/mol. The number of hydrogen-bond donors (Lipinski definition) is 0. The van der Waals surface area contributed by atoms with Gasteiger partial charge in [-0.1, -0.05) is 35.4 Å². The van der Waals surface area contributed by atoms with Crippen LogP contribution in [-0.4, -0.2) is 50.9 Å². The van der Waals surface area contributed by atoms with E-state index in [0.717, 1.165) is 33.9 Å². The molecule has 16 heteroatoms. The van der Waals surface area contributed by atoms with Crippen LogP contribution in [0.25, 0.3) is 0 Å². The molecule has 0 aromatic heterocycles. The second-order valence-corrected chi connectivity index (χ2v) is 16.0. The summed E-state index contributed by atoms with van der Waals surface area (Å²) in [5, 5.41) is 0. The topological polar surface area (TPSA) is 13.0 Å². The Bertz CT molecular complexity index is 1930. The van der Waals surface area contributed by atoms with Crippen LogP contribution in [0.1, 0.15) is 75.3 Å². The van der Waals surface area contributed by atoms with Gasteiger partial charge in [-0.2, -0.15) is 52.7 Å². The van der Waals surface area contributed by atoms with Gasteiger partial charge in [-0.25, -0.2) is 0 Å². The lowest BCUT2D eigenvalue weighted by atomic mass is 10.0. The number of aryl methyl sites for hydroxylation is 2. The van der Waals surface area contributed by atoms with Gasteiger partial charge in [-0.05, 0) is 137 Å². The van der Waals surface area contributed by atoms with Crippen molar-refractivity contribution in [2.45, 2.75) is 103 Å². The largest absolute Gasteiger partial charge is 0.389 e. The van der Waals surface area contributed by atoms with Gasteiger partial charge in [0, 0.05) is 97.4 Å². The first-order valence-electron chi connectivity index (χ1n) is 21.1. The number of anilines is 6. The van der Waals surface area contributed by atoms with E-state index in [1.165, 1.54) is 9.80 Å². The van der Waals surface area contributed by atoms with Crippen LogP contribution in [0.4, 0.5) is 86.8 Å². The minimum absolute atomic E-state index is 0.123. The molecule has 64 heavy (non-hydrogen) atoms. The van der Waals surface area contributed by atoms with Gasteiger partial charge in [0.1, 0.15) is 0 Å². The number of nitrogens with zero attached hydrogens (tertiary/aromatic N) is 4. The Morgan fingerprint density at radius 3 is 0.781 bits per heavy atom. The van der Waals surface area contributed by atoms with Gasteiger partial charge in [-0.15, -0.1) is 0 Å². The van der Waals surface area contributed by atoms with Gasteiger partial charge in [0.25, 0.3) is 0 Å². The Kier molecular flexibility index (Phi) is 16.8.